The van der Waals surface area contributed by atoms with Gasteiger partial charge >= 0.3 is 0 Å². The summed E-state index contributed by atoms with van der Waals surface area (Å²) in [6.45, 7) is 7.41. The Kier molecular flexibility index (Phi) is 2.22. The third-order valence-corrected chi connectivity index (χ3v) is 3.67. The van der Waals surface area contributed by atoms with Gasteiger partial charge in [-0.2, -0.15) is 0 Å². The summed E-state index contributed by atoms with van der Waals surface area (Å²) < 4.78 is 0. The van der Waals surface area contributed by atoms with Crippen LogP contribution in [-0.2, 0) is 0 Å². The largest absolute Gasteiger partial charge is 0.313 e. The molecule has 12 heavy (non-hydrogen) atoms. The van der Waals surface area contributed by atoms with Crippen LogP contribution in [0, 0.1) is 17.8 Å². The fourth-order valence-electron chi connectivity index (χ4n) is 2.86. The van der Waals surface area contributed by atoms with Crippen LogP contribution in [0.4, 0.5) is 0 Å². The summed E-state index contributed by atoms with van der Waals surface area (Å²) in [5, 5.41) is 3.66. The van der Waals surface area contributed by atoms with Crippen LogP contribution in [0.2, 0.25) is 0 Å². The number of piperidine rings is 1. The maximum Gasteiger partial charge on any atom is 0.0156 e. The van der Waals surface area contributed by atoms with Gasteiger partial charge in [-0.3, -0.25) is 0 Å². The van der Waals surface area contributed by atoms with Gasteiger partial charge in [-0.1, -0.05) is 13.0 Å². The van der Waals surface area contributed by atoms with Crippen molar-refractivity contribution in [1.29, 1.82) is 0 Å². The molecule has 2 rings (SSSR count). The van der Waals surface area contributed by atoms with Crippen LogP contribution >= 0.6 is 0 Å². The Morgan fingerprint density at radius 3 is 3.08 bits per heavy atom. The maximum atomic E-state index is 3.88. The van der Waals surface area contributed by atoms with Gasteiger partial charge in [-0.05, 0) is 43.6 Å². The Labute approximate surface area is 75.2 Å². The van der Waals surface area contributed by atoms with E-state index in [1.54, 1.807) is 0 Å². The van der Waals surface area contributed by atoms with Gasteiger partial charge in [0.05, 0.1) is 0 Å². The predicted molar refractivity (Wildman–Crippen MR) is 52.0 cm³/mol. The molecule has 1 nitrogen and oxygen atoms in total. The third-order valence-electron chi connectivity index (χ3n) is 3.67. The second kappa shape index (κ2) is 3.21. The summed E-state index contributed by atoms with van der Waals surface area (Å²) in [4.78, 5) is 0. The van der Waals surface area contributed by atoms with Crippen LogP contribution in [-0.4, -0.2) is 12.6 Å². The molecule has 1 aliphatic carbocycles. The molecule has 1 aliphatic heterocycles. The van der Waals surface area contributed by atoms with Gasteiger partial charge in [0.1, 0.15) is 0 Å². The smallest absolute Gasteiger partial charge is 0.0156 e. The van der Waals surface area contributed by atoms with Crippen LogP contribution in [0.1, 0.15) is 26.2 Å². The molecule has 2 aliphatic rings. The van der Waals surface area contributed by atoms with E-state index in [2.05, 4.69) is 24.9 Å². The maximum absolute atomic E-state index is 3.88. The standard InChI is InChI=1S/C11H19N/c1-3-8(2)11-10-5-4-9(6-10)7-12-11/h3,8-12H,1,4-7H2,2H3/t8-,9+,10-,11+/m1/s1. The summed E-state index contributed by atoms with van der Waals surface area (Å²) >= 11 is 0. The Balaban J connectivity index is 2.02. The number of nitrogens with one attached hydrogen (secondary N) is 1. The zero-order chi connectivity index (χ0) is 8.55. The highest BCUT2D eigenvalue weighted by molar-refractivity contribution is 4.97. The van der Waals surface area contributed by atoms with Crippen LogP contribution in [0.25, 0.3) is 0 Å². The molecule has 0 radical (unpaired) electrons. The van der Waals surface area contributed by atoms with Crippen LogP contribution in [0.5, 0.6) is 0 Å². The van der Waals surface area contributed by atoms with Crippen molar-refractivity contribution in [3.8, 4) is 0 Å². The molecule has 1 heterocycles. The minimum Gasteiger partial charge on any atom is -0.313 e. The van der Waals surface area contributed by atoms with Crippen molar-refractivity contribution in [2.75, 3.05) is 6.54 Å². The first-order valence-corrected chi connectivity index (χ1v) is 5.17. The van der Waals surface area contributed by atoms with E-state index in [1.807, 2.05) is 0 Å². The molecule has 0 spiro atoms. The molecule has 0 aromatic heterocycles. The molecule has 1 N–H and O–H groups in total. The van der Waals surface area contributed by atoms with E-state index in [4.69, 9.17) is 0 Å². The zero-order valence-electron chi connectivity index (χ0n) is 7.92. The molecule has 68 valence electrons. The molecule has 0 unspecified atom stereocenters. The predicted octanol–water partition coefficient (Wildman–Crippen LogP) is 2.20. The molecule has 0 amide bonds. The van der Waals surface area contributed by atoms with Gasteiger partial charge in [0.25, 0.3) is 0 Å². The first-order chi connectivity index (χ1) is 5.81. The molecule has 1 saturated carbocycles. The molecule has 0 aromatic rings. The first kappa shape index (κ1) is 8.31. The van der Waals surface area contributed by atoms with Gasteiger partial charge in [-0.15, -0.1) is 6.58 Å². The van der Waals surface area contributed by atoms with Crippen LogP contribution in [0.15, 0.2) is 12.7 Å². The average Bonchev–Trinajstić information content (AvgIpc) is 2.47. The Morgan fingerprint density at radius 2 is 2.33 bits per heavy atom. The summed E-state index contributed by atoms with van der Waals surface area (Å²) in [5.41, 5.74) is 0. The van der Waals surface area contributed by atoms with Crippen molar-refractivity contribution in [2.45, 2.75) is 32.2 Å². The number of fused-ring (bicyclic) bond motifs is 2. The second-order valence-corrected chi connectivity index (χ2v) is 4.47. The zero-order valence-corrected chi connectivity index (χ0v) is 7.92. The van der Waals surface area contributed by atoms with Crippen molar-refractivity contribution < 1.29 is 0 Å². The third kappa shape index (κ3) is 1.31. The fraction of sp³-hybridized carbons (Fsp3) is 0.818. The number of hydrogen-bond acceptors (Lipinski definition) is 1. The molecular weight excluding hydrogens is 146 g/mol. The molecule has 1 heteroatoms. The first-order valence-electron chi connectivity index (χ1n) is 5.17. The highest BCUT2D eigenvalue weighted by atomic mass is 15.0. The van der Waals surface area contributed by atoms with Gasteiger partial charge in [0, 0.05) is 6.04 Å². The lowest BCUT2D eigenvalue weighted by atomic mass is 9.85. The van der Waals surface area contributed by atoms with Crippen LogP contribution < -0.4 is 5.32 Å². The van der Waals surface area contributed by atoms with E-state index < -0.39 is 0 Å². The van der Waals surface area contributed by atoms with Gasteiger partial charge in [-0.25, -0.2) is 0 Å². The normalized spacial score (nSPS) is 42.6. The minimum absolute atomic E-state index is 0.647. The second-order valence-electron chi connectivity index (χ2n) is 4.47. The van der Waals surface area contributed by atoms with E-state index in [-0.39, 0.29) is 0 Å². The summed E-state index contributed by atoms with van der Waals surface area (Å²) in [6.07, 6.45) is 6.46. The highest BCUT2D eigenvalue weighted by Gasteiger charge is 2.36. The van der Waals surface area contributed by atoms with Crippen LogP contribution in [0.3, 0.4) is 0 Å². The molecule has 1 saturated heterocycles. The SMILES string of the molecule is C=C[C@@H](C)[C@@H]1NC[C@H]2CC[C@@H]1C2. The van der Waals surface area contributed by atoms with E-state index >= 15 is 0 Å². The van der Waals surface area contributed by atoms with Crippen molar-refractivity contribution in [3.05, 3.63) is 12.7 Å². The lowest BCUT2D eigenvalue weighted by molar-refractivity contribution is 0.250. The summed E-state index contributed by atoms with van der Waals surface area (Å²) in [5.74, 6) is 2.58. The topological polar surface area (TPSA) is 12.0 Å². The Hall–Kier alpha value is -0.300. The Bertz CT molecular complexity index is 176. The average molecular weight is 165 g/mol. The summed E-state index contributed by atoms with van der Waals surface area (Å²) in [6, 6.07) is 0.723. The molecule has 4 atom stereocenters. The molecule has 0 aromatic carbocycles. The van der Waals surface area contributed by atoms with Gasteiger partial charge in [0.15, 0.2) is 0 Å². The lowest BCUT2D eigenvalue weighted by Gasteiger charge is -2.33. The number of hydrogen-bond donors (Lipinski definition) is 1. The van der Waals surface area contributed by atoms with Gasteiger partial charge < -0.3 is 5.32 Å². The molecule has 2 fully saturated rings. The van der Waals surface area contributed by atoms with Gasteiger partial charge in [0.2, 0.25) is 0 Å². The number of rotatable bonds is 2. The summed E-state index contributed by atoms with van der Waals surface area (Å²) in [7, 11) is 0. The lowest BCUT2D eigenvalue weighted by Crippen LogP contribution is -2.44. The highest BCUT2D eigenvalue weighted by Crippen LogP contribution is 2.38. The van der Waals surface area contributed by atoms with E-state index in [0.717, 1.165) is 17.9 Å². The van der Waals surface area contributed by atoms with E-state index in [1.165, 1.54) is 25.8 Å². The van der Waals surface area contributed by atoms with Crippen molar-refractivity contribution >= 4 is 0 Å². The fourth-order valence-corrected chi connectivity index (χ4v) is 2.86. The monoisotopic (exact) mass is 165 g/mol. The molecule has 2 bridgehead atoms. The Morgan fingerprint density at radius 1 is 1.50 bits per heavy atom. The van der Waals surface area contributed by atoms with E-state index in [0.29, 0.717) is 5.92 Å². The quantitative estimate of drug-likeness (QED) is 0.618. The molecular formula is C11H19N. The van der Waals surface area contributed by atoms with Crippen molar-refractivity contribution in [2.24, 2.45) is 17.8 Å². The minimum atomic E-state index is 0.647. The van der Waals surface area contributed by atoms with Crippen molar-refractivity contribution in [1.82, 2.24) is 5.32 Å². The van der Waals surface area contributed by atoms with E-state index in [9.17, 15) is 0 Å². The van der Waals surface area contributed by atoms with Crippen molar-refractivity contribution in [3.63, 3.8) is 0 Å².